The van der Waals surface area contributed by atoms with Crippen LogP contribution in [0.4, 0.5) is 5.69 Å². The second kappa shape index (κ2) is 10.6. The third kappa shape index (κ3) is 4.05. The fraction of sp³-hybridized carbons (Fsp3) is 0.0638. The van der Waals surface area contributed by atoms with Crippen molar-refractivity contribution in [3.63, 3.8) is 0 Å². The van der Waals surface area contributed by atoms with E-state index in [-0.39, 0.29) is 5.41 Å². The smallest absolute Gasteiger partial charge is 0.188 e. The van der Waals surface area contributed by atoms with E-state index >= 15 is 0 Å². The molecular weight excluding hydrogens is 621 g/mol. The zero-order valence-corrected chi connectivity index (χ0v) is 28.1. The Labute approximate surface area is 295 Å². The van der Waals surface area contributed by atoms with E-state index in [0.29, 0.717) is 11.3 Å². The van der Waals surface area contributed by atoms with Gasteiger partial charge in [-0.15, -0.1) is 0 Å². The molecule has 238 valence electrons. The second-order valence-corrected chi connectivity index (χ2v) is 14.0. The highest BCUT2D eigenvalue weighted by atomic mass is 15.0. The number of nitrogens with zero attached hydrogens (tertiary/aromatic N) is 4. The lowest BCUT2D eigenvalue weighted by molar-refractivity contribution is 0.661. The third-order valence-electron chi connectivity index (χ3n) is 10.9. The first-order valence-electron chi connectivity index (χ1n) is 17.2. The van der Waals surface area contributed by atoms with Crippen molar-refractivity contribution >= 4 is 49.3 Å². The molecule has 0 N–H and O–H groups in total. The van der Waals surface area contributed by atoms with Crippen LogP contribution in [0.2, 0.25) is 0 Å². The Morgan fingerprint density at radius 3 is 1.98 bits per heavy atom. The standard InChI is InChI=1S/C47H30N4/c1-47(2)39-16-6-4-15-36(39)45-40(47)20-23-44-46(45)38-27-32(49-3)19-22-43(38)51(44)34-13-9-11-31(26-34)30-10-8-12-33(25-30)50-41-17-7-5-14-35(41)37-24-29(28-48)18-21-42(37)50/h4-27H,1-2H3. The summed E-state index contributed by atoms with van der Waals surface area (Å²) in [6.07, 6.45) is 0. The maximum absolute atomic E-state index is 9.62. The summed E-state index contributed by atoms with van der Waals surface area (Å²) in [5.41, 5.74) is 15.1. The minimum atomic E-state index is -0.120. The second-order valence-electron chi connectivity index (χ2n) is 14.0. The average molecular weight is 651 g/mol. The van der Waals surface area contributed by atoms with E-state index in [0.717, 1.165) is 60.7 Å². The van der Waals surface area contributed by atoms with Gasteiger partial charge in [0.2, 0.25) is 0 Å². The zero-order chi connectivity index (χ0) is 34.4. The third-order valence-corrected chi connectivity index (χ3v) is 10.9. The Morgan fingerprint density at radius 2 is 1.22 bits per heavy atom. The van der Waals surface area contributed by atoms with Crippen LogP contribution in [-0.2, 0) is 5.41 Å². The van der Waals surface area contributed by atoms with Crippen LogP contribution in [0.25, 0.3) is 82.1 Å². The lowest BCUT2D eigenvalue weighted by Gasteiger charge is -2.21. The largest absolute Gasteiger partial charge is 0.309 e. The summed E-state index contributed by atoms with van der Waals surface area (Å²) in [5.74, 6) is 0. The number of rotatable bonds is 3. The first kappa shape index (κ1) is 29.1. The van der Waals surface area contributed by atoms with Crippen molar-refractivity contribution in [2.75, 3.05) is 0 Å². The molecule has 2 heterocycles. The van der Waals surface area contributed by atoms with Gasteiger partial charge in [0, 0.05) is 32.9 Å². The van der Waals surface area contributed by atoms with E-state index in [1.54, 1.807) is 0 Å². The molecule has 2 aromatic heterocycles. The normalized spacial score (nSPS) is 13.0. The highest BCUT2D eigenvalue weighted by Gasteiger charge is 2.37. The van der Waals surface area contributed by atoms with Crippen molar-refractivity contribution in [3.8, 4) is 39.7 Å². The molecule has 0 spiro atoms. The summed E-state index contributed by atoms with van der Waals surface area (Å²) < 4.78 is 4.65. The quantitative estimate of drug-likeness (QED) is 0.175. The molecular formula is C47H30N4. The number of hydrogen-bond donors (Lipinski definition) is 0. The minimum Gasteiger partial charge on any atom is -0.309 e. The van der Waals surface area contributed by atoms with E-state index in [1.807, 2.05) is 18.2 Å². The van der Waals surface area contributed by atoms with Gasteiger partial charge in [-0.1, -0.05) is 92.7 Å². The summed E-state index contributed by atoms with van der Waals surface area (Å²) in [7, 11) is 0. The van der Waals surface area contributed by atoms with Crippen molar-refractivity contribution in [2.24, 2.45) is 0 Å². The minimum absolute atomic E-state index is 0.120. The molecule has 0 saturated carbocycles. The lowest BCUT2D eigenvalue weighted by Crippen LogP contribution is -2.14. The predicted molar refractivity (Wildman–Crippen MR) is 209 cm³/mol. The molecule has 0 radical (unpaired) electrons. The van der Waals surface area contributed by atoms with Gasteiger partial charge >= 0.3 is 0 Å². The number of fused-ring (bicyclic) bond motifs is 10. The Bertz CT molecular complexity index is 3030. The SMILES string of the molecule is [C-]#[N+]c1ccc2c(c1)c1c3c(ccc1n2-c1cccc(-c2cccc(-n4c5ccccc5c5cc(C#N)ccc54)c2)c1)C(C)(C)c1ccccc1-3. The van der Waals surface area contributed by atoms with Crippen LogP contribution in [0.3, 0.4) is 0 Å². The molecule has 0 atom stereocenters. The number of aromatic nitrogens is 2. The molecule has 0 aliphatic heterocycles. The van der Waals surface area contributed by atoms with Crippen LogP contribution < -0.4 is 0 Å². The van der Waals surface area contributed by atoms with Gasteiger partial charge in [-0.25, -0.2) is 4.85 Å². The summed E-state index contributed by atoms with van der Waals surface area (Å²) in [4.78, 5) is 3.83. The molecule has 7 aromatic carbocycles. The fourth-order valence-corrected chi connectivity index (χ4v) is 8.61. The van der Waals surface area contributed by atoms with E-state index in [1.165, 1.54) is 27.6 Å². The molecule has 0 amide bonds. The van der Waals surface area contributed by atoms with Gasteiger partial charge in [-0.3, -0.25) is 0 Å². The van der Waals surface area contributed by atoms with Crippen molar-refractivity contribution < 1.29 is 0 Å². The first-order valence-corrected chi connectivity index (χ1v) is 17.2. The predicted octanol–water partition coefficient (Wildman–Crippen LogP) is 12.3. The number of para-hydroxylation sites is 1. The zero-order valence-electron chi connectivity index (χ0n) is 28.1. The molecule has 0 fully saturated rings. The van der Waals surface area contributed by atoms with Crippen molar-refractivity contribution in [1.29, 1.82) is 5.26 Å². The maximum atomic E-state index is 9.62. The molecule has 0 bridgehead atoms. The van der Waals surface area contributed by atoms with E-state index in [2.05, 4.69) is 161 Å². The molecule has 9 aromatic rings. The lowest BCUT2D eigenvalue weighted by atomic mass is 9.82. The Kier molecular flexibility index (Phi) is 6.02. The van der Waals surface area contributed by atoms with E-state index < -0.39 is 0 Å². The molecule has 4 heteroatoms. The van der Waals surface area contributed by atoms with Crippen molar-refractivity contribution in [1.82, 2.24) is 9.13 Å². The summed E-state index contributed by atoms with van der Waals surface area (Å²) in [6.45, 7) is 12.5. The monoisotopic (exact) mass is 650 g/mol. The highest BCUT2D eigenvalue weighted by Crippen LogP contribution is 2.53. The first-order chi connectivity index (χ1) is 25.0. The van der Waals surface area contributed by atoms with Gasteiger partial charge in [0.15, 0.2) is 5.69 Å². The Morgan fingerprint density at radius 1 is 0.569 bits per heavy atom. The maximum Gasteiger partial charge on any atom is 0.188 e. The van der Waals surface area contributed by atoms with Gasteiger partial charge in [0.25, 0.3) is 0 Å². The van der Waals surface area contributed by atoms with Crippen LogP contribution in [-0.4, -0.2) is 9.13 Å². The molecule has 1 aliphatic rings. The molecule has 0 unspecified atom stereocenters. The van der Waals surface area contributed by atoms with Gasteiger partial charge < -0.3 is 9.13 Å². The summed E-state index contributed by atoms with van der Waals surface area (Å²) >= 11 is 0. The topological polar surface area (TPSA) is 38.0 Å². The van der Waals surface area contributed by atoms with E-state index in [9.17, 15) is 5.26 Å². The van der Waals surface area contributed by atoms with Crippen molar-refractivity contribution in [2.45, 2.75) is 19.3 Å². The molecule has 10 rings (SSSR count). The van der Waals surface area contributed by atoms with Crippen LogP contribution >= 0.6 is 0 Å². The Hall–Kier alpha value is -6.88. The highest BCUT2D eigenvalue weighted by molar-refractivity contribution is 6.18. The average Bonchev–Trinajstić information content (AvgIpc) is 3.77. The van der Waals surface area contributed by atoms with Crippen LogP contribution in [0, 0.1) is 17.9 Å². The molecule has 1 aliphatic carbocycles. The number of nitriles is 1. The summed E-state index contributed by atoms with van der Waals surface area (Å²) in [6, 6.07) is 53.6. The van der Waals surface area contributed by atoms with E-state index in [4.69, 9.17) is 6.57 Å². The van der Waals surface area contributed by atoms with Gasteiger partial charge in [-0.2, -0.15) is 5.26 Å². The number of benzene rings is 7. The Balaban J connectivity index is 1.18. The van der Waals surface area contributed by atoms with Gasteiger partial charge in [0.1, 0.15) is 0 Å². The molecule has 4 nitrogen and oxygen atoms in total. The van der Waals surface area contributed by atoms with Crippen molar-refractivity contribution in [3.05, 3.63) is 174 Å². The van der Waals surface area contributed by atoms with Gasteiger partial charge in [0.05, 0.1) is 40.3 Å². The molecule has 0 saturated heterocycles. The fourth-order valence-electron chi connectivity index (χ4n) is 8.61. The van der Waals surface area contributed by atoms with Crippen LogP contribution in [0.1, 0.15) is 30.5 Å². The van der Waals surface area contributed by atoms with Crippen LogP contribution in [0.5, 0.6) is 0 Å². The summed E-state index contributed by atoms with van der Waals surface area (Å²) in [5, 5.41) is 14.1. The molecule has 51 heavy (non-hydrogen) atoms. The van der Waals surface area contributed by atoms with Crippen LogP contribution in [0.15, 0.2) is 146 Å². The number of hydrogen-bond acceptors (Lipinski definition) is 1. The van der Waals surface area contributed by atoms with Gasteiger partial charge in [-0.05, 0) is 105 Å².